The summed E-state index contributed by atoms with van der Waals surface area (Å²) in [5, 5.41) is 0. The van der Waals surface area contributed by atoms with E-state index in [0.29, 0.717) is 5.92 Å². The van der Waals surface area contributed by atoms with Crippen LogP contribution in [0.4, 0.5) is 0 Å². The van der Waals surface area contributed by atoms with Crippen molar-refractivity contribution in [3.05, 3.63) is 78.2 Å². The fraction of sp³-hybridized carbons (Fsp3) is 0.414. The molecule has 2 saturated heterocycles. The number of rotatable bonds is 7. The fourth-order valence-corrected chi connectivity index (χ4v) is 5.09. The molecule has 188 valence electrons. The predicted molar refractivity (Wildman–Crippen MR) is 139 cm³/mol. The monoisotopic (exact) mass is 486 g/mol. The van der Waals surface area contributed by atoms with E-state index in [1.807, 2.05) is 17.0 Å². The number of hydrogen-bond acceptors (Lipinski definition) is 6. The van der Waals surface area contributed by atoms with Crippen LogP contribution in [0.25, 0.3) is 11.3 Å². The van der Waals surface area contributed by atoms with Crippen molar-refractivity contribution in [2.45, 2.75) is 31.7 Å². The van der Waals surface area contributed by atoms with Gasteiger partial charge in [-0.1, -0.05) is 30.3 Å². The number of amides is 1. The maximum absolute atomic E-state index is 13.1. The van der Waals surface area contributed by atoms with Crippen LogP contribution in [0, 0.1) is 0 Å². The van der Waals surface area contributed by atoms with E-state index in [0.717, 1.165) is 87.8 Å². The zero-order chi connectivity index (χ0) is 24.6. The molecule has 7 nitrogen and oxygen atoms in total. The minimum Gasteiger partial charge on any atom is -0.483 e. The molecule has 0 unspecified atom stereocenters. The average molecular weight is 487 g/mol. The Kier molecular flexibility index (Phi) is 8.20. The highest BCUT2D eigenvalue weighted by atomic mass is 16.5. The molecule has 36 heavy (non-hydrogen) atoms. The van der Waals surface area contributed by atoms with Gasteiger partial charge in [0.1, 0.15) is 5.75 Å². The van der Waals surface area contributed by atoms with Gasteiger partial charge in [0.2, 0.25) is 0 Å². The quantitative estimate of drug-likeness (QED) is 0.500. The number of nitrogens with zero attached hydrogens (tertiary/aromatic N) is 4. The number of carbonyl (C=O) groups excluding carboxylic acids is 1. The largest absolute Gasteiger partial charge is 0.483 e. The van der Waals surface area contributed by atoms with Gasteiger partial charge in [-0.15, -0.1) is 0 Å². The summed E-state index contributed by atoms with van der Waals surface area (Å²) >= 11 is 0. The minimum atomic E-state index is 0.0522. The van der Waals surface area contributed by atoms with Crippen molar-refractivity contribution in [2.24, 2.45) is 0 Å². The highest BCUT2D eigenvalue weighted by molar-refractivity contribution is 5.78. The van der Waals surface area contributed by atoms with Gasteiger partial charge >= 0.3 is 0 Å². The van der Waals surface area contributed by atoms with Crippen LogP contribution in [0.5, 0.6) is 5.75 Å². The number of aromatic nitrogens is 2. The smallest absolute Gasteiger partial charge is 0.260 e. The van der Waals surface area contributed by atoms with E-state index in [-0.39, 0.29) is 12.5 Å². The van der Waals surface area contributed by atoms with Crippen LogP contribution < -0.4 is 4.74 Å². The zero-order valence-electron chi connectivity index (χ0n) is 20.7. The summed E-state index contributed by atoms with van der Waals surface area (Å²) in [5.41, 5.74) is 4.23. The van der Waals surface area contributed by atoms with E-state index < -0.39 is 0 Å². The molecule has 2 aromatic carbocycles. The second kappa shape index (κ2) is 12.1. The van der Waals surface area contributed by atoms with E-state index in [9.17, 15) is 4.79 Å². The van der Waals surface area contributed by atoms with Crippen LogP contribution in [-0.4, -0.2) is 71.7 Å². The Morgan fingerprint density at radius 3 is 2.67 bits per heavy atom. The van der Waals surface area contributed by atoms with Crippen LogP contribution >= 0.6 is 0 Å². The fourth-order valence-electron chi connectivity index (χ4n) is 5.09. The molecule has 1 amide bonds. The number of likely N-dealkylation sites (tertiary alicyclic amines) is 1. The molecule has 1 atom stereocenters. The first-order valence-electron chi connectivity index (χ1n) is 12.9. The van der Waals surface area contributed by atoms with Gasteiger partial charge in [-0.05, 0) is 48.9 Å². The highest BCUT2D eigenvalue weighted by Gasteiger charge is 2.22. The maximum Gasteiger partial charge on any atom is 0.260 e. The molecule has 3 aromatic rings. The lowest BCUT2D eigenvalue weighted by Gasteiger charge is -2.27. The Balaban J connectivity index is 1.25. The third-order valence-corrected chi connectivity index (χ3v) is 7.12. The van der Waals surface area contributed by atoms with Crippen molar-refractivity contribution >= 4 is 5.91 Å². The van der Waals surface area contributed by atoms with Crippen molar-refractivity contribution in [2.75, 3.05) is 46.0 Å². The van der Waals surface area contributed by atoms with Crippen molar-refractivity contribution in [3.8, 4) is 17.0 Å². The summed E-state index contributed by atoms with van der Waals surface area (Å²) in [6.07, 6.45) is 8.25. The van der Waals surface area contributed by atoms with Crippen molar-refractivity contribution in [3.63, 3.8) is 0 Å². The number of carbonyl (C=O) groups is 1. The second-order valence-corrected chi connectivity index (χ2v) is 9.51. The maximum atomic E-state index is 13.1. The minimum absolute atomic E-state index is 0.0522. The Hall–Kier alpha value is -3.29. The topological polar surface area (TPSA) is 67.8 Å². The molecule has 1 aromatic heterocycles. The van der Waals surface area contributed by atoms with Gasteiger partial charge in [-0.25, -0.2) is 0 Å². The van der Waals surface area contributed by atoms with Gasteiger partial charge in [-0.3, -0.25) is 19.7 Å². The van der Waals surface area contributed by atoms with Gasteiger partial charge in [0.15, 0.2) is 6.61 Å². The van der Waals surface area contributed by atoms with Crippen LogP contribution in [0.3, 0.4) is 0 Å². The second-order valence-electron chi connectivity index (χ2n) is 9.51. The summed E-state index contributed by atoms with van der Waals surface area (Å²) in [4.78, 5) is 26.1. The highest BCUT2D eigenvalue weighted by Crippen LogP contribution is 2.29. The lowest BCUT2D eigenvalue weighted by Crippen LogP contribution is -2.36. The zero-order valence-corrected chi connectivity index (χ0v) is 20.7. The molecule has 7 heteroatoms. The normalized spacial score (nSPS) is 19.0. The van der Waals surface area contributed by atoms with Crippen LogP contribution in [-0.2, 0) is 16.1 Å². The Bertz CT molecular complexity index is 1120. The molecule has 2 fully saturated rings. The Morgan fingerprint density at radius 2 is 1.86 bits per heavy atom. The summed E-state index contributed by atoms with van der Waals surface area (Å²) in [6.45, 7) is 5.58. The van der Waals surface area contributed by atoms with Crippen LogP contribution in [0.1, 0.15) is 36.3 Å². The number of hydrogen-bond donors (Lipinski definition) is 0. The van der Waals surface area contributed by atoms with Gasteiger partial charge in [0.05, 0.1) is 25.1 Å². The number of ether oxygens (including phenoxy) is 2. The average Bonchev–Trinajstić information content (AvgIpc) is 3.20. The third kappa shape index (κ3) is 6.28. The number of morpholine rings is 1. The van der Waals surface area contributed by atoms with Crippen LogP contribution in [0.2, 0.25) is 0 Å². The molecule has 2 aliphatic heterocycles. The standard InChI is InChI=1S/C29H34N4O3/c34-29(33-13-4-7-24(10-14-33)23-5-2-1-3-6-23)22-36-28-9-8-25(27-20-30-11-12-31-27)19-26(28)21-32-15-17-35-18-16-32/h1-3,5-6,8-9,11-12,19-20,24H,4,7,10,13-18,21-22H2/t24-/m1/s1. The molecule has 3 heterocycles. The van der Waals surface area contributed by atoms with Gasteiger partial charge in [-0.2, -0.15) is 0 Å². The van der Waals surface area contributed by atoms with Crippen molar-refractivity contribution in [1.82, 2.24) is 19.8 Å². The van der Waals surface area contributed by atoms with Crippen LogP contribution in [0.15, 0.2) is 67.1 Å². The lowest BCUT2D eigenvalue weighted by molar-refractivity contribution is -0.133. The first-order chi connectivity index (χ1) is 17.8. The number of benzene rings is 2. The Labute approximate surface area is 213 Å². The summed E-state index contributed by atoms with van der Waals surface area (Å²) in [7, 11) is 0. The van der Waals surface area contributed by atoms with Gasteiger partial charge in [0.25, 0.3) is 5.91 Å². The molecule has 0 saturated carbocycles. The van der Waals surface area contributed by atoms with E-state index in [4.69, 9.17) is 9.47 Å². The molecule has 0 N–H and O–H groups in total. The van der Waals surface area contributed by atoms with Crippen molar-refractivity contribution < 1.29 is 14.3 Å². The van der Waals surface area contributed by atoms with E-state index >= 15 is 0 Å². The molecule has 2 aliphatic rings. The molecule has 5 rings (SSSR count). The van der Waals surface area contributed by atoms with Crippen molar-refractivity contribution in [1.29, 1.82) is 0 Å². The summed E-state index contributed by atoms with van der Waals surface area (Å²) < 4.78 is 11.7. The Morgan fingerprint density at radius 1 is 1.00 bits per heavy atom. The summed E-state index contributed by atoms with van der Waals surface area (Å²) in [5.74, 6) is 1.32. The van der Waals surface area contributed by atoms with E-state index in [1.54, 1.807) is 18.6 Å². The lowest BCUT2D eigenvalue weighted by atomic mass is 9.92. The first-order valence-corrected chi connectivity index (χ1v) is 12.9. The first kappa shape index (κ1) is 24.4. The molecule has 0 radical (unpaired) electrons. The SMILES string of the molecule is O=C(COc1ccc(-c2cnccn2)cc1CN1CCOCC1)N1CCC[C@@H](c2ccccc2)CC1. The molecule has 0 spiro atoms. The molecule has 0 aliphatic carbocycles. The van der Waals surface area contributed by atoms with Gasteiger partial charge in [0, 0.05) is 56.2 Å². The third-order valence-electron chi connectivity index (χ3n) is 7.12. The van der Waals surface area contributed by atoms with Gasteiger partial charge < -0.3 is 14.4 Å². The molecule has 0 bridgehead atoms. The van der Waals surface area contributed by atoms with E-state index in [2.05, 4.69) is 51.3 Å². The van der Waals surface area contributed by atoms with E-state index in [1.165, 1.54) is 5.56 Å². The summed E-state index contributed by atoms with van der Waals surface area (Å²) in [6, 6.07) is 16.7. The predicted octanol–water partition coefficient (Wildman–Crippen LogP) is 4.15. The molecular weight excluding hydrogens is 452 g/mol. The molecular formula is C29H34N4O3.